The molecule has 3 aliphatic rings. The molecule has 2 aliphatic heterocycles. The predicted octanol–water partition coefficient (Wildman–Crippen LogP) is 4.42. The number of esters is 1. The summed E-state index contributed by atoms with van der Waals surface area (Å²) in [7, 11) is 4.86. The molecule has 7 nitrogen and oxygen atoms in total. The number of carbonyl (C=O) groups excluding carboxylic acids is 1. The van der Waals surface area contributed by atoms with Gasteiger partial charge in [0.05, 0.1) is 32.8 Å². The van der Waals surface area contributed by atoms with Crippen molar-refractivity contribution in [3.8, 4) is 11.5 Å². The summed E-state index contributed by atoms with van der Waals surface area (Å²) in [6.07, 6.45) is 6.42. The standard InChI is InChI=1S/C27H38O7/c1-17(2)7-11-22-26(3,34-22)25-24(31-6)20(13-14-27(25)16-32-27)33-23(28)12-9-18-8-10-19(29-4)21(15-18)30-5/h8-10,12,15,17,20,22,24-25H,7,11,13-14,16H2,1-6H3/b12-9+/t20-,22+,24-,25?,26-,27+/m1/s1. The molecule has 1 aromatic carbocycles. The third-order valence-corrected chi connectivity index (χ3v) is 7.59. The molecule has 0 bridgehead atoms. The highest BCUT2D eigenvalue weighted by molar-refractivity contribution is 5.87. The van der Waals surface area contributed by atoms with Crippen LogP contribution in [0.1, 0.15) is 52.0 Å². The van der Waals surface area contributed by atoms with Gasteiger partial charge >= 0.3 is 5.97 Å². The summed E-state index contributed by atoms with van der Waals surface area (Å²) in [5, 5.41) is 0. The fourth-order valence-electron chi connectivity index (χ4n) is 5.58. The summed E-state index contributed by atoms with van der Waals surface area (Å²) < 4.78 is 34.7. The Bertz CT molecular complexity index is 906. The van der Waals surface area contributed by atoms with Crippen LogP contribution in [0.3, 0.4) is 0 Å². The molecule has 2 saturated heterocycles. The van der Waals surface area contributed by atoms with Crippen LogP contribution in [0.25, 0.3) is 6.08 Å². The topological polar surface area (TPSA) is 79.1 Å². The van der Waals surface area contributed by atoms with Gasteiger partial charge in [-0.15, -0.1) is 0 Å². The van der Waals surface area contributed by atoms with Crippen molar-refractivity contribution >= 4 is 12.0 Å². The molecule has 0 N–H and O–H groups in total. The van der Waals surface area contributed by atoms with E-state index in [9.17, 15) is 4.79 Å². The molecular weight excluding hydrogens is 436 g/mol. The SMILES string of the molecule is COc1ccc(/C=C/C(=O)O[C@@H]2CC[C@]3(CO3)C([C@]3(C)O[C@H]3CCC(C)C)[C@@H]2OC)cc1OC. The van der Waals surface area contributed by atoms with Crippen LogP contribution >= 0.6 is 0 Å². The number of carbonyl (C=O) groups is 1. The highest BCUT2D eigenvalue weighted by atomic mass is 16.6. The molecule has 0 amide bonds. The van der Waals surface area contributed by atoms with E-state index < -0.39 is 5.97 Å². The third kappa shape index (κ3) is 4.97. The minimum atomic E-state index is -0.397. The fourth-order valence-corrected chi connectivity index (χ4v) is 5.58. The van der Waals surface area contributed by atoms with Crippen molar-refractivity contribution in [2.45, 2.75) is 76.0 Å². The minimum Gasteiger partial charge on any atom is -0.493 e. The van der Waals surface area contributed by atoms with Crippen LogP contribution in [0.2, 0.25) is 0 Å². The van der Waals surface area contributed by atoms with Gasteiger partial charge in [0.2, 0.25) is 0 Å². The summed E-state index contributed by atoms with van der Waals surface area (Å²) in [5.74, 6) is 1.51. The molecule has 0 aromatic heterocycles. The van der Waals surface area contributed by atoms with E-state index in [0.29, 0.717) is 30.4 Å². The zero-order chi connectivity index (χ0) is 24.5. The smallest absolute Gasteiger partial charge is 0.331 e. The van der Waals surface area contributed by atoms with Crippen LogP contribution in [0.4, 0.5) is 0 Å². The lowest BCUT2D eigenvalue weighted by Crippen LogP contribution is -2.55. The Morgan fingerprint density at radius 1 is 1.21 bits per heavy atom. The van der Waals surface area contributed by atoms with E-state index in [-0.39, 0.29) is 35.4 Å². The number of hydrogen-bond donors (Lipinski definition) is 0. The van der Waals surface area contributed by atoms with E-state index in [2.05, 4.69) is 20.8 Å². The molecule has 7 heteroatoms. The molecule has 2 heterocycles. The van der Waals surface area contributed by atoms with Crippen molar-refractivity contribution < 1.29 is 33.2 Å². The molecular formula is C27H38O7. The summed E-state index contributed by atoms with van der Waals surface area (Å²) in [6.45, 7) is 7.34. The van der Waals surface area contributed by atoms with Gasteiger partial charge in [0.15, 0.2) is 11.5 Å². The highest BCUT2D eigenvalue weighted by Gasteiger charge is 2.72. The van der Waals surface area contributed by atoms with Gasteiger partial charge in [-0.2, -0.15) is 0 Å². The van der Waals surface area contributed by atoms with Crippen molar-refractivity contribution in [1.29, 1.82) is 0 Å². The molecule has 1 aliphatic carbocycles. The molecule has 188 valence electrons. The largest absolute Gasteiger partial charge is 0.493 e. The monoisotopic (exact) mass is 474 g/mol. The average Bonchev–Trinajstić information content (AvgIpc) is 3.74. The van der Waals surface area contributed by atoms with E-state index in [1.165, 1.54) is 6.08 Å². The first-order valence-corrected chi connectivity index (χ1v) is 12.2. The van der Waals surface area contributed by atoms with Crippen molar-refractivity contribution in [2.75, 3.05) is 27.9 Å². The lowest BCUT2D eigenvalue weighted by atomic mass is 9.68. The maximum Gasteiger partial charge on any atom is 0.331 e. The Kier molecular flexibility index (Phi) is 7.27. The molecule has 4 rings (SSSR count). The zero-order valence-electron chi connectivity index (χ0n) is 21.2. The van der Waals surface area contributed by atoms with Crippen LogP contribution < -0.4 is 9.47 Å². The van der Waals surface area contributed by atoms with E-state index in [4.69, 9.17) is 28.4 Å². The van der Waals surface area contributed by atoms with Crippen LogP contribution in [0, 0.1) is 11.8 Å². The van der Waals surface area contributed by atoms with Crippen molar-refractivity contribution in [2.24, 2.45) is 11.8 Å². The van der Waals surface area contributed by atoms with E-state index >= 15 is 0 Å². The van der Waals surface area contributed by atoms with Gasteiger partial charge in [-0.3, -0.25) is 0 Å². The molecule has 0 radical (unpaired) electrons. The summed E-state index contributed by atoms with van der Waals surface area (Å²) in [5.41, 5.74) is 0.282. The van der Waals surface area contributed by atoms with Gasteiger partial charge in [-0.05, 0) is 62.3 Å². The lowest BCUT2D eigenvalue weighted by Gasteiger charge is -2.42. The van der Waals surface area contributed by atoms with Crippen molar-refractivity contribution in [3.05, 3.63) is 29.8 Å². The number of methoxy groups -OCH3 is 3. The lowest BCUT2D eigenvalue weighted by molar-refractivity contribution is -0.166. The first kappa shape index (κ1) is 25.0. The van der Waals surface area contributed by atoms with Gasteiger partial charge in [0, 0.05) is 13.2 Å². The Balaban J connectivity index is 1.43. The third-order valence-electron chi connectivity index (χ3n) is 7.59. The van der Waals surface area contributed by atoms with E-state index in [1.807, 2.05) is 12.1 Å². The molecule has 34 heavy (non-hydrogen) atoms. The quantitative estimate of drug-likeness (QED) is 0.282. The Morgan fingerprint density at radius 2 is 1.94 bits per heavy atom. The van der Waals surface area contributed by atoms with Gasteiger partial charge in [0.25, 0.3) is 0 Å². The number of hydrogen-bond acceptors (Lipinski definition) is 7. The molecule has 6 atom stereocenters. The zero-order valence-corrected chi connectivity index (χ0v) is 21.2. The van der Waals surface area contributed by atoms with Gasteiger partial charge in [0.1, 0.15) is 23.4 Å². The number of epoxide rings is 2. The number of benzene rings is 1. The fraction of sp³-hybridized carbons (Fsp3) is 0.667. The van der Waals surface area contributed by atoms with E-state index in [0.717, 1.165) is 24.8 Å². The van der Waals surface area contributed by atoms with Crippen LogP contribution in [0.5, 0.6) is 11.5 Å². The number of rotatable bonds is 10. The maximum absolute atomic E-state index is 12.7. The first-order chi connectivity index (χ1) is 16.3. The van der Waals surface area contributed by atoms with Gasteiger partial charge in [-0.1, -0.05) is 19.9 Å². The Hall–Kier alpha value is -2.09. The van der Waals surface area contributed by atoms with Crippen LogP contribution in [-0.4, -0.2) is 63.4 Å². The number of ether oxygens (including phenoxy) is 6. The summed E-state index contributed by atoms with van der Waals surface area (Å²) in [6, 6.07) is 5.47. The molecule has 1 aromatic rings. The van der Waals surface area contributed by atoms with Gasteiger partial charge in [-0.25, -0.2) is 4.79 Å². The maximum atomic E-state index is 12.7. The summed E-state index contributed by atoms with van der Waals surface area (Å²) >= 11 is 0. The van der Waals surface area contributed by atoms with Crippen molar-refractivity contribution in [3.63, 3.8) is 0 Å². The second-order valence-corrected chi connectivity index (χ2v) is 10.3. The first-order valence-electron chi connectivity index (χ1n) is 12.2. The van der Waals surface area contributed by atoms with Crippen LogP contribution in [0.15, 0.2) is 24.3 Å². The Morgan fingerprint density at radius 3 is 2.56 bits per heavy atom. The highest BCUT2D eigenvalue weighted by Crippen LogP contribution is 2.59. The normalized spacial score (nSPS) is 34.4. The Labute approximate surface area is 202 Å². The van der Waals surface area contributed by atoms with Gasteiger partial charge < -0.3 is 28.4 Å². The average molecular weight is 475 g/mol. The second-order valence-electron chi connectivity index (χ2n) is 10.3. The summed E-state index contributed by atoms with van der Waals surface area (Å²) in [4.78, 5) is 12.7. The van der Waals surface area contributed by atoms with Crippen LogP contribution in [-0.2, 0) is 23.7 Å². The predicted molar refractivity (Wildman–Crippen MR) is 128 cm³/mol. The molecule has 3 fully saturated rings. The van der Waals surface area contributed by atoms with E-state index in [1.54, 1.807) is 33.5 Å². The second kappa shape index (κ2) is 9.88. The molecule has 1 spiro atoms. The molecule has 1 saturated carbocycles. The molecule has 1 unspecified atom stereocenters. The van der Waals surface area contributed by atoms with Crippen molar-refractivity contribution in [1.82, 2.24) is 0 Å². The minimum absolute atomic E-state index is 0.0311.